The zero-order valence-electron chi connectivity index (χ0n) is 35.0. The molecule has 0 unspecified atom stereocenters. The summed E-state index contributed by atoms with van der Waals surface area (Å²) >= 11 is 0. The molecule has 0 atom stereocenters. The minimum absolute atomic E-state index is 0.0713. The summed E-state index contributed by atoms with van der Waals surface area (Å²) in [4.78, 5) is 10.6. The van der Waals surface area contributed by atoms with E-state index in [4.69, 9.17) is 14.4 Å². The lowest BCUT2D eigenvalue weighted by atomic mass is 9.80. The maximum Gasteiger partial charge on any atom is 0.238 e. The lowest BCUT2D eigenvalue weighted by Crippen LogP contribution is -2.15. The number of nitrogens with zero attached hydrogens (tertiary/aromatic N) is 3. The number of aromatic nitrogens is 3. The summed E-state index contributed by atoms with van der Waals surface area (Å²) in [6.45, 7) is 7.00. The molecule has 3 aromatic heterocycles. The van der Waals surface area contributed by atoms with Crippen molar-refractivity contribution in [2.24, 2.45) is 0 Å². The van der Waals surface area contributed by atoms with Gasteiger partial charge in [0.05, 0.1) is 22.1 Å². The van der Waals surface area contributed by atoms with Gasteiger partial charge >= 0.3 is 0 Å². The van der Waals surface area contributed by atoms with E-state index in [9.17, 15) is 0 Å². The highest BCUT2D eigenvalue weighted by Crippen LogP contribution is 2.51. The number of hydrogen-bond donors (Lipinski definition) is 0. The molecule has 0 radical (unpaired) electrons. The molecule has 1 aliphatic rings. The molecular formula is C58H43N3O. The van der Waals surface area contributed by atoms with Crippen LogP contribution < -0.4 is 0 Å². The monoisotopic (exact) mass is 797 g/mol. The van der Waals surface area contributed by atoms with Crippen LogP contribution in [-0.4, -0.2) is 14.5 Å². The molecule has 0 spiro atoms. The van der Waals surface area contributed by atoms with Crippen LogP contribution in [0, 0.1) is 6.92 Å². The molecule has 3 heterocycles. The van der Waals surface area contributed by atoms with Crippen molar-refractivity contribution < 1.29 is 4.42 Å². The van der Waals surface area contributed by atoms with Crippen LogP contribution in [0.3, 0.4) is 0 Å². The summed E-state index contributed by atoms with van der Waals surface area (Å²) < 4.78 is 8.85. The number of fused-ring (bicyclic) bond motifs is 9. The Balaban J connectivity index is 1.03. The Morgan fingerprint density at radius 2 is 1.16 bits per heavy atom. The van der Waals surface area contributed by atoms with Gasteiger partial charge in [-0.3, -0.25) is 4.57 Å². The van der Waals surface area contributed by atoms with Gasteiger partial charge in [0.25, 0.3) is 0 Å². The van der Waals surface area contributed by atoms with Gasteiger partial charge in [0.2, 0.25) is 11.7 Å². The molecule has 0 saturated heterocycles. The smallest absolute Gasteiger partial charge is 0.238 e. The predicted octanol–water partition coefficient (Wildman–Crippen LogP) is 14.9. The van der Waals surface area contributed by atoms with Crippen molar-refractivity contribution in [3.05, 3.63) is 210 Å². The van der Waals surface area contributed by atoms with E-state index in [2.05, 4.69) is 201 Å². The van der Waals surface area contributed by atoms with Gasteiger partial charge in [0.15, 0.2) is 0 Å². The molecule has 4 nitrogen and oxygen atoms in total. The summed E-state index contributed by atoms with van der Waals surface area (Å²) in [7, 11) is 0. The largest absolute Gasteiger partial charge is 0.437 e. The van der Waals surface area contributed by atoms with Crippen LogP contribution in [0.15, 0.2) is 186 Å². The topological polar surface area (TPSA) is 43.9 Å². The number of furan rings is 1. The molecule has 12 rings (SSSR count). The van der Waals surface area contributed by atoms with Gasteiger partial charge in [-0.1, -0.05) is 159 Å². The van der Waals surface area contributed by atoms with E-state index >= 15 is 0 Å². The maximum atomic E-state index is 6.68. The molecule has 4 heteroatoms. The zero-order chi connectivity index (χ0) is 41.5. The Kier molecular flexibility index (Phi) is 8.20. The Morgan fingerprint density at radius 1 is 0.500 bits per heavy atom. The fourth-order valence-corrected chi connectivity index (χ4v) is 10.2. The molecule has 62 heavy (non-hydrogen) atoms. The lowest BCUT2D eigenvalue weighted by molar-refractivity contribution is 0.651. The lowest BCUT2D eigenvalue weighted by Gasteiger charge is -2.23. The SMILES string of the molecule is Cc1ccc(-c2ccc3oc4nc(-n5c6ccccc6c6ccccc65)nc(-c5ccccc5)c4c3c2)cc1-c1cc2c(cc1CCc1ccccc1)C(C)(C)c1ccccc1-2. The molecule has 0 saturated carbocycles. The van der Waals surface area contributed by atoms with Crippen LogP contribution in [0.5, 0.6) is 0 Å². The number of aryl methyl sites for hydroxylation is 3. The fraction of sp³-hybridized carbons (Fsp3) is 0.103. The van der Waals surface area contributed by atoms with Gasteiger partial charge in [0.1, 0.15) is 5.58 Å². The minimum Gasteiger partial charge on any atom is -0.437 e. The Morgan fingerprint density at radius 3 is 1.94 bits per heavy atom. The van der Waals surface area contributed by atoms with E-state index < -0.39 is 0 Å². The van der Waals surface area contributed by atoms with Gasteiger partial charge in [0, 0.05) is 27.1 Å². The first kappa shape index (κ1) is 36.3. The molecule has 296 valence electrons. The van der Waals surface area contributed by atoms with Crippen molar-refractivity contribution in [3.63, 3.8) is 0 Å². The molecule has 0 amide bonds. The quantitative estimate of drug-likeness (QED) is 0.161. The normalized spacial score (nSPS) is 13.0. The van der Waals surface area contributed by atoms with Crippen LogP contribution in [0.4, 0.5) is 0 Å². The highest BCUT2D eigenvalue weighted by atomic mass is 16.3. The molecule has 0 fully saturated rings. The standard InChI is InChI=1S/C58H43N3O/c1-36-26-28-39(32-45(36)46-35-47-42-20-10-13-23-49(42)58(2,3)50(47)34-41(46)29-27-37-16-6-4-7-17-37)40-30-31-53-48(33-40)54-55(38-18-8-5-9-19-38)59-57(60-56(54)62-53)61-51-24-14-11-21-43(51)44-22-12-15-25-52(44)61/h4-26,28,30-35H,27,29H2,1-3H3. The van der Waals surface area contributed by atoms with Crippen molar-refractivity contribution in [2.75, 3.05) is 0 Å². The molecule has 0 aliphatic heterocycles. The second-order valence-electron chi connectivity index (χ2n) is 17.3. The summed E-state index contributed by atoms with van der Waals surface area (Å²) in [6, 6.07) is 65.7. The number of rotatable bonds is 7. The Labute approximate surface area is 360 Å². The molecule has 8 aromatic carbocycles. The van der Waals surface area contributed by atoms with Gasteiger partial charge in [-0.05, 0) is 117 Å². The van der Waals surface area contributed by atoms with Crippen LogP contribution >= 0.6 is 0 Å². The molecular weight excluding hydrogens is 755 g/mol. The first-order valence-electron chi connectivity index (χ1n) is 21.6. The highest BCUT2D eigenvalue weighted by Gasteiger charge is 2.36. The second-order valence-corrected chi connectivity index (χ2v) is 17.3. The second kappa shape index (κ2) is 14.0. The summed E-state index contributed by atoms with van der Waals surface area (Å²) in [5.74, 6) is 0.583. The molecule has 0 N–H and O–H groups in total. The van der Waals surface area contributed by atoms with Crippen LogP contribution in [0.25, 0.3) is 94.5 Å². The summed E-state index contributed by atoms with van der Waals surface area (Å²) in [5.41, 5.74) is 19.6. The number of benzene rings is 8. The summed E-state index contributed by atoms with van der Waals surface area (Å²) in [5, 5.41) is 4.23. The third-order valence-corrected chi connectivity index (χ3v) is 13.3. The van der Waals surface area contributed by atoms with Crippen molar-refractivity contribution in [1.82, 2.24) is 14.5 Å². The van der Waals surface area contributed by atoms with E-state index in [1.807, 2.05) is 6.07 Å². The predicted molar refractivity (Wildman–Crippen MR) is 256 cm³/mol. The van der Waals surface area contributed by atoms with Crippen LogP contribution in [0.2, 0.25) is 0 Å². The maximum absolute atomic E-state index is 6.68. The Hall–Kier alpha value is -7.56. The van der Waals surface area contributed by atoms with E-state index in [0.717, 1.165) is 73.4 Å². The molecule has 0 bridgehead atoms. The van der Waals surface area contributed by atoms with Gasteiger partial charge < -0.3 is 4.42 Å². The Bertz CT molecular complexity index is 3500. The zero-order valence-corrected chi connectivity index (χ0v) is 35.0. The van der Waals surface area contributed by atoms with Crippen LogP contribution in [-0.2, 0) is 18.3 Å². The van der Waals surface area contributed by atoms with E-state index in [0.29, 0.717) is 11.7 Å². The first-order chi connectivity index (χ1) is 30.4. The van der Waals surface area contributed by atoms with Crippen molar-refractivity contribution in [3.8, 4) is 50.6 Å². The van der Waals surface area contributed by atoms with Crippen LogP contribution in [0.1, 0.15) is 41.7 Å². The van der Waals surface area contributed by atoms with Crippen molar-refractivity contribution in [1.29, 1.82) is 0 Å². The highest BCUT2D eigenvalue weighted by molar-refractivity contribution is 6.12. The third-order valence-electron chi connectivity index (χ3n) is 13.3. The van der Waals surface area contributed by atoms with E-state index in [1.165, 1.54) is 50.1 Å². The minimum atomic E-state index is -0.0713. The van der Waals surface area contributed by atoms with E-state index in [-0.39, 0.29) is 5.41 Å². The average molecular weight is 798 g/mol. The van der Waals surface area contributed by atoms with Gasteiger partial charge in [-0.25, -0.2) is 4.98 Å². The fourth-order valence-electron chi connectivity index (χ4n) is 10.2. The van der Waals surface area contributed by atoms with E-state index in [1.54, 1.807) is 0 Å². The number of hydrogen-bond acceptors (Lipinski definition) is 3. The summed E-state index contributed by atoms with van der Waals surface area (Å²) in [6.07, 6.45) is 1.93. The third kappa shape index (κ3) is 5.67. The average Bonchev–Trinajstić information content (AvgIpc) is 3.93. The first-order valence-corrected chi connectivity index (χ1v) is 21.6. The van der Waals surface area contributed by atoms with Gasteiger partial charge in [-0.2, -0.15) is 4.98 Å². The van der Waals surface area contributed by atoms with Gasteiger partial charge in [-0.15, -0.1) is 0 Å². The van der Waals surface area contributed by atoms with Crippen molar-refractivity contribution >= 4 is 43.9 Å². The number of para-hydroxylation sites is 2. The molecule has 1 aliphatic carbocycles. The van der Waals surface area contributed by atoms with Crippen molar-refractivity contribution in [2.45, 2.75) is 39.0 Å². The molecule has 11 aromatic rings.